The number of aromatic nitrogens is 3. The van der Waals surface area contributed by atoms with Crippen LogP contribution in [0.15, 0.2) is 60.2 Å². The first-order chi connectivity index (χ1) is 15.0. The smallest absolute Gasteiger partial charge is 0.271 e. The SMILES string of the molecule is COc1cc(C(=O)N/N=C(\C)c2ccc(-n3cncn3)cc2)ccc1OCCC(C)C. The Morgan fingerprint density at radius 1 is 1.13 bits per heavy atom. The zero-order valence-corrected chi connectivity index (χ0v) is 18.2. The van der Waals surface area contributed by atoms with Gasteiger partial charge >= 0.3 is 0 Å². The third-order valence-electron chi connectivity index (χ3n) is 4.67. The summed E-state index contributed by atoms with van der Waals surface area (Å²) in [5, 5.41) is 8.32. The summed E-state index contributed by atoms with van der Waals surface area (Å²) < 4.78 is 12.8. The minimum atomic E-state index is -0.328. The lowest BCUT2D eigenvalue weighted by Crippen LogP contribution is -2.19. The lowest BCUT2D eigenvalue weighted by atomic mass is 10.1. The molecule has 0 atom stereocenters. The Labute approximate surface area is 181 Å². The molecule has 1 N–H and O–H groups in total. The van der Waals surface area contributed by atoms with Crippen LogP contribution in [0.2, 0.25) is 0 Å². The fourth-order valence-electron chi connectivity index (χ4n) is 2.79. The molecule has 3 rings (SSSR count). The topological polar surface area (TPSA) is 90.6 Å². The molecule has 1 heterocycles. The Balaban J connectivity index is 1.64. The largest absolute Gasteiger partial charge is 0.493 e. The van der Waals surface area contributed by atoms with Crippen molar-refractivity contribution < 1.29 is 14.3 Å². The molecule has 0 saturated carbocycles. The van der Waals surface area contributed by atoms with Gasteiger partial charge in [-0.3, -0.25) is 4.79 Å². The maximum atomic E-state index is 12.5. The minimum absolute atomic E-state index is 0.328. The summed E-state index contributed by atoms with van der Waals surface area (Å²) in [5.41, 5.74) is 5.48. The number of rotatable bonds is 9. The first-order valence-electron chi connectivity index (χ1n) is 10.1. The number of nitrogens with one attached hydrogen (secondary N) is 1. The summed E-state index contributed by atoms with van der Waals surface area (Å²) in [5.74, 6) is 1.36. The molecule has 0 aliphatic carbocycles. The van der Waals surface area contributed by atoms with Gasteiger partial charge in [0.05, 0.1) is 25.1 Å². The van der Waals surface area contributed by atoms with Crippen LogP contribution in [0.25, 0.3) is 5.69 Å². The maximum Gasteiger partial charge on any atom is 0.271 e. The van der Waals surface area contributed by atoms with Crippen molar-refractivity contribution in [1.29, 1.82) is 0 Å². The summed E-state index contributed by atoms with van der Waals surface area (Å²) in [4.78, 5) is 16.5. The molecule has 8 nitrogen and oxygen atoms in total. The molecule has 0 aliphatic heterocycles. The van der Waals surface area contributed by atoms with Crippen LogP contribution in [0.1, 0.15) is 43.1 Å². The van der Waals surface area contributed by atoms with Crippen LogP contribution >= 0.6 is 0 Å². The van der Waals surface area contributed by atoms with Crippen LogP contribution in [0.4, 0.5) is 0 Å². The van der Waals surface area contributed by atoms with Crippen LogP contribution in [-0.2, 0) is 0 Å². The second-order valence-corrected chi connectivity index (χ2v) is 7.42. The highest BCUT2D eigenvalue weighted by atomic mass is 16.5. The van der Waals surface area contributed by atoms with Gasteiger partial charge in [-0.25, -0.2) is 15.1 Å². The standard InChI is InChI=1S/C23H27N5O3/c1-16(2)11-12-31-21-10-7-19(13-22(21)30-4)23(29)27-26-17(3)18-5-8-20(9-6-18)28-15-24-14-25-28/h5-10,13-16H,11-12H2,1-4H3,(H,27,29)/b26-17+. The molecule has 0 radical (unpaired) electrons. The van der Waals surface area contributed by atoms with Crippen LogP contribution in [0.5, 0.6) is 11.5 Å². The molecule has 0 saturated heterocycles. The summed E-state index contributed by atoms with van der Waals surface area (Å²) in [6.45, 7) is 6.71. The van der Waals surface area contributed by atoms with Crippen molar-refractivity contribution in [1.82, 2.24) is 20.2 Å². The molecule has 0 bridgehead atoms. The summed E-state index contributed by atoms with van der Waals surface area (Å²) in [6, 6.07) is 12.7. The minimum Gasteiger partial charge on any atom is -0.493 e. The molecule has 2 aromatic carbocycles. The molecule has 0 aliphatic rings. The zero-order valence-electron chi connectivity index (χ0n) is 18.2. The average Bonchev–Trinajstić information content (AvgIpc) is 3.32. The highest BCUT2D eigenvalue weighted by Gasteiger charge is 2.11. The zero-order chi connectivity index (χ0) is 22.2. The monoisotopic (exact) mass is 421 g/mol. The first-order valence-corrected chi connectivity index (χ1v) is 10.1. The summed E-state index contributed by atoms with van der Waals surface area (Å²) in [6.07, 6.45) is 4.06. The Kier molecular flexibility index (Phi) is 7.37. The van der Waals surface area contributed by atoms with Crippen LogP contribution in [0.3, 0.4) is 0 Å². The number of methoxy groups -OCH3 is 1. The Morgan fingerprint density at radius 2 is 1.87 bits per heavy atom. The van der Waals surface area contributed by atoms with Gasteiger partial charge in [-0.2, -0.15) is 10.2 Å². The number of ether oxygens (including phenoxy) is 2. The number of nitrogens with zero attached hydrogens (tertiary/aromatic N) is 4. The van der Waals surface area contributed by atoms with E-state index in [1.54, 1.807) is 36.3 Å². The maximum absolute atomic E-state index is 12.5. The van der Waals surface area contributed by atoms with Gasteiger partial charge < -0.3 is 9.47 Å². The molecule has 1 amide bonds. The lowest BCUT2D eigenvalue weighted by molar-refractivity contribution is 0.0954. The van der Waals surface area contributed by atoms with Crippen molar-refractivity contribution in [3.8, 4) is 17.2 Å². The second kappa shape index (κ2) is 10.4. The van der Waals surface area contributed by atoms with E-state index in [1.165, 1.54) is 6.33 Å². The summed E-state index contributed by atoms with van der Waals surface area (Å²) in [7, 11) is 1.55. The molecule has 162 valence electrons. The number of amides is 1. The molecular formula is C23H27N5O3. The van der Waals surface area contributed by atoms with E-state index in [0.29, 0.717) is 35.3 Å². The highest BCUT2D eigenvalue weighted by molar-refractivity contribution is 6.01. The van der Waals surface area contributed by atoms with Gasteiger partial charge in [0, 0.05) is 5.56 Å². The van der Waals surface area contributed by atoms with Gasteiger partial charge in [0.25, 0.3) is 5.91 Å². The van der Waals surface area contributed by atoms with Crippen molar-refractivity contribution in [2.75, 3.05) is 13.7 Å². The molecule has 0 fully saturated rings. The predicted octanol–water partition coefficient (Wildman–Crippen LogP) is 3.85. The van der Waals surface area contributed by atoms with Gasteiger partial charge in [0.2, 0.25) is 0 Å². The van der Waals surface area contributed by atoms with Crippen molar-refractivity contribution in [3.05, 3.63) is 66.2 Å². The van der Waals surface area contributed by atoms with Crippen LogP contribution < -0.4 is 14.9 Å². The normalized spacial score (nSPS) is 11.5. The Bertz CT molecular complexity index is 1030. The number of benzene rings is 2. The predicted molar refractivity (Wildman–Crippen MR) is 119 cm³/mol. The highest BCUT2D eigenvalue weighted by Crippen LogP contribution is 2.28. The first kappa shape index (κ1) is 22.0. The van der Waals surface area contributed by atoms with E-state index >= 15 is 0 Å². The van der Waals surface area contributed by atoms with Gasteiger partial charge in [-0.1, -0.05) is 26.0 Å². The number of hydrogen-bond donors (Lipinski definition) is 1. The second-order valence-electron chi connectivity index (χ2n) is 7.42. The molecular weight excluding hydrogens is 394 g/mol. The summed E-state index contributed by atoms with van der Waals surface area (Å²) >= 11 is 0. The number of hydrogen-bond acceptors (Lipinski definition) is 6. The molecule has 8 heteroatoms. The van der Waals surface area contributed by atoms with Gasteiger partial charge in [0.15, 0.2) is 11.5 Å². The van der Waals surface area contributed by atoms with E-state index in [1.807, 2.05) is 31.2 Å². The molecule has 31 heavy (non-hydrogen) atoms. The van der Waals surface area contributed by atoms with Crippen LogP contribution in [0, 0.1) is 5.92 Å². The fourth-order valence-corrected chi connectivity index (χ4v) is 2.79. The van der Waals surface area contributed by atoms with E-state index in [2.05, 4.69) is 34.5 Å². The van der Waals surface area contributed by atoms with Crippen molar-refractivity contribution >= 4 is 11.6 Å². The number of hydrazone groups is 1. The third-order valence-corrected chi connectivity index (χ3v) is 4.67. The number of carbonyl (C=O) groups excluding carboxylic acids is 1. The number of carbonyl (C=O) groups is 1. The Hall–Kier alpha value is -3.68. The van der Waals surface area contributed by atoms with Gasteiger partial charge in [-0.15, -0.1) is 0 Å². The molecule has 1 aromatic heterocycles. The molecule has 0 unspecified atom stereocenters. The molecule has 0 spiro atoms. The Morgan fingerprint density at radius 3 is 2.52 bits per heavy atom. The molecule has 3 aromatic rings. The van der Waals surface area contributed by atoms with E-state index in [4.69, 9.17) is 9.47 Å². The van der Waals surface area contributed by atoms with E-state index in [9.17, 15) is 4.79 Å². The van der Waals surface area contributed by atoms with Crippen molar-refractivity contribution in [2.24, 2.45) is 11.0 Å². The van der Waals surface area contributed by atoms with E-state index in [0.717, 1.165) is 17.7 Å². The third kappa shape index (κ3) is 5.91. The van der Waals surface area contributed by atoms with Crippen LogP contribution in [-0.4, -0.2) is 40.1 Å². The van der Waals surface area contributed by atoms with Crippen molar-refractivity contribution in [3.63, 3.8) is 0 Å². The quantitative estimate of drug-likeness (QED) is 0.419. The fraction of sp³-hybridized carbons (Fsp3) is 0.304. The van der Waals surface area contributed by atoms with E-state index < -0.39 is 0 Å². The van der Waals surface area contributed by atoms with Gasteiger partial charge in [0.1, 0.15) is 12.7 Å². The average molecular weight is 422 g/mol. The van der Waals surface area contributed by atoms with Crippen molar-refractivity contribution in [2.45, 2.75) is 27.2 Å². The van der Waals surface area contributed by atoms with Gasteiger partial charge in [-0.05, 0) is 55.2 Å². The van der Waals surface area contributed by atoms with E-state index in [-0.39, 0.29) is 5.91 Å². The lowest BCUT2D eigenvalue weighted by Gasteiger charge is -2.12.